The molecule has 4 rings (SSSR count). The number of aryl methyl sites for hydroxylation is 1. The third kappa shape index (κ3) is 4.50. The average molecular weight is 465 g/mol. The van der Waals surface area contributed by atoms with Gasteiger partial charge in [0, 0.05) is 17.4 Å². The number of aliphatic imine (C=N–C) groups is 1. The summed E-state index contributed by atoms with van der Waals surface area (Å²) >= 11 is 7.65. The highest BCUT2D eigenvalue weighted by atomic mass is 35.5. The molecule has 0 unspecified atom stereocenters. The molecule has 0 aliphatic carbocycles. The highest BCUT2D eigenvalue weighted by Crippen LogP contribution is 2.42. The van der Waals surface area contributed by atoms with Crippen LogP contribution >= 0.6 is 23.4 Å². The number of hydrogen-bond acceptors (Lipinski definition) is 5. The topological polar surface area (TPSA) is 76.0 Å². The minimum absolute atomic E-state index is 0.0333. The molecule has 2 aliphatic heterocycles. The van der Waals surface area contributed by atoms with Crippen LogP contribution in [-0.4, -0.2) is 49.4 Å². The molecule has 2 aromatic carbocycles. The lowest BCUT2D eigenvalue weighted by Gasteiger charge is -2.25. The number of nitrogens with zero attached hydrogens (tertiary/aromatic N) is 2. The molecule has 0 spiro atoms. The third-order valence-corrected chi connectivity index (χ3v) is 8.68. The summed E-state index contributed by atoms with van der Waals surface area (Å²) in [6.07, 6.45) is 0.898. The Kier molecular flexibility index (Phi) is 6.09. The van der Waals surface area contributed by atoms with Crippen LogP contribution < -0.4 is 9.64 Å². The summed E-state index contributed by atoms with van der Waals surface area (Å²) in [5.41, 5.74) is 1.78. The Morgan fingerprint density at radius 3 is 2.70 bits per heavy atom. The number of amidine groups is 1. The number of fused-ring (bicyclic) bond motifs is 1. The van der Waals surface area contributed by atoms with Crippen molar-refractivity contribution in [3.05, 3.63) is 59.1 Å². The van der Waals surface area contributed by atoms with Crippen LogP contribution in [0.15, 0.2) is 53.5 Å². The van der Waals surface area contributed by atoms with Gasteiger partial charge in [-0.25, -0.2) is 8.42 Å². The van der Waals surface area contributed by atoms with Crippen LogP contribution in [0.1, 0.15) is 12.0 Å². The zero-order valence-electron chi connectivity index (χ0n) is 16.3. The molecule has 6 nitrogen and oxygen atoms in total. The first-order valence-electron chi connectivity index (χ1n) is 9.51. The average Bonchev–Trinajstić information content (AvgIpc) is 3.17. The quantitative estimate of drug-likeness (QED) is 0.673. The molecule has 2 atom stereocenters. The number of amides is 1. The first-order valence-corrected chi connectivity index (χ1v) is 12.6. The Bertz CT molecular complexity index is 1090. The number of anilines is 1. The summed E-state index contributed by atoms with van der Waals surface area (Å²) < 4.78 is 29.6. The van der Waals surface area contributed by atoms with Gasteiger partial charge in [-0.1, -0.05) is 53.7 Å². The van der Waals surface area contributed by atoms with Gasteiger partial charge in [0.05, 0.1) is 29.7 Å². The fourth-order valence-electron chi connectivity index (χ4n) is 3.73. The number of rotatable bonds is 5. The number of thioether (sulfide) groups is 1. The maximum atomic E-state index is 12.6. The Labute approximate surface area is 185 Å². The molecule has 30 heavy (non-hydrogen) atoms. The van der Waals surface area contributed by atoms with E-state index in [1.807, 2.05) is 41.3 Å². The molecule has 0 N–H and O–H groups in total. The van der Waals surface area contributed by atoms with Crippen molar-refractivity contribution in [1.82, 2.24) is 0 Å². The molecule has 0 radical (unpaired) electrons. The van der Waals surface area contributed by atoms with E-state index < -0.39 is 9.84 Å². The van der Waals surface area contributed by atoms with Crippen molar-refractivity contribution < 1.29 is 17.9 Å². The van der Waals surface area contributed by atoms with E-state index in [1.54, 1.807) is 12.1 Å². The van der Waals surface area contributed by atoms with Crippen molar-refractivity contribution in [2.24, 2.45) is 4.99 Å². The van der Waals surface area contributed by atoms with Crippen molar-refractivity contribution in [3.8, 4) is 5.75 Å². The van der Waals surface area contributed by atoms with Gasteiger partial charge in [0.1, 0.15) is 5.75 Å². The lowest BCUT2D eigenvalue weighted by atomic mass is 10.1. The van der Waals surface area contributed by atoms with Gasteiger partial charge in [-0.15, -0.1) is 0 Å². The van der Waals surface area contributed by atoms with E-state index in [4.69, 9.17) is 16.3 Å². The number of hydrogen-bond donors (Lipinski definition) is 0. The molecule has 0 aromatic heterocycles. The van der Waals surface area contributed by atoms with Crippen molar-refractivity contribution in [1.29, 1.82) is 0 Å². The van der Waals surface area contributed by atoms with Gasteiger partial charge in [-0.2, -0.15) is 4.99 Å². The van der Waals surface area contributed by atoms with Gasteiger partial charge < -0.3 is 9.64 Å². The molecule has 0 bridgehead atoms. The number of halogens is 1. The Hall–Kier alpha value is -2.03. The van der Waals surface area contributed by atoms with Gasteiger partial charge in [-0.05, 0) is 30.2 Å². The number of sulfone groups is 1. The molecule has 2 saturated heterocycles. The Morgan fingerprint density at radius 1 is 1.23 bits per heavy atom. The fourth-order valence-corrected chi connectivity index (χ4v) is 7.91. The lowest BCUT2D eigenvalue weighted by molar-refractivity contribution is -0.117. The van der Waals surface area contributed by atoms with Crippen LogP contribution in [0, 0.1) is 0 Å². The second kappa shape index (κ2) is 8.61. The van der Waals surface area contributed by atoms with Crippen LogP contribution in [0.3, 0.4) is 0 Å². The summed E-state index contributed by atoms with van der Waals surface area (Å²) in [5.74, 6) is 0.417. The van der Waals surface area contributed by atoms with Gasteiger partial charge in [0.25, 0.3) is 0 Å². The van der Waals surface area contributed by atoms with Crippen molar-refractivity contribution in [2.45, 2.75) is 24.1 Å². The van der Waals surface area contributed by atoms with E-state index in [1.165, 1.54) is 18.9 Å². The van der Waals surface area contributed by atoms with E-state index >= 15 is 0 Å². The molecule has 2 aromatic rings. The molecule has 2 fully saturated rings. The Balaban J connectivity index is 1.60. The smallest absolute Gasteiger partial charge is 0.248 e. The number of benzene rings is 2. The fraction of sp³-hybridized carbons (Fsp3) is 0.333. The van der Waals surface area contributed by atoms with Crippen molar-refractivity contribution in [2.75, 3.05) is 23.5 Å². The highest BCUT2D eigenvalue weighted by molar-refractivity contribution is 8.16. The second-order valence-electron chi connectivity index (χ2n) is 7.26. The van der Waals surface area contributed by atoms with E-state index in [0.29, 0.717) is 34.5 Å². The predicted molar refractivity (Wildman–Crippen MR) is 122 cm³/mol. The third-order valence-electron chi connectivity index (χ3n) is 5.17. The zero-order chi connectivity index (χ0) is 21.3. The van der Waals surface area contributed by atoms with E-state index in [9.17, 15) is 13.2 Å². The number of carbonyl (C=O) groups excluding carboxylic acids is 1. The predicted octanol–water partition coefficient (Wildman–Crippen LogP) is 3.58. The standard InChI is InChI=1S/C21H21ClN2O4S2/c1-28-18-9-8-15(11-16(18)22)24-17-12-30(26,27)13-19(17)29-21(24)23-20(25)10-7-14-5-3-2-4-6-14/h2-6,8-9,11,17,19H,7,10,12-13H2,1H3/t17-,19-/m1/s1. The molecule has 158 valence electrons. The SMILES string of the molecule is COc1ccc(N2C(=NC(=O)CCc3ccccc3)S[C@@H]3CS(=O)(=O)C[C@H]32)cc1Cl. The molecule has 0 saturated carbocycles. The number of ether oxygens (including phenoxy) is 1. The summed E-state index contributed by atoms with van der Waals surface area (Å²) in [6.45, 7) is 0. The largest absolute Gasteiger partial charge is 0.495 e. The zero-order valence-corrected chi connectivity index (χ0v) is 18.7. The van der Waals surface area contributed by atoms with Gasteiger partial charge in [0.2, 0.25) is 5.91 Å². The van der Waals surface area contributed by atoms with Crippen LogP contribution in [0.5, 0.6) is 5.75 Å². The van der Waals surface area contributed by atoms with Crippen molar-refractivity contribution in [3.63, 3.8) is 0 Å². The highest BCUT2D eigenvalue weighted by Gasteiger charge is 2.49. The summed E-state index contributed by atoms with van der Waals surface area (Å²) in [4.78, 5) is 18.8. The van der Waals surface area contributed by atoms with Crippen molar-refractivity contribution >= 4 is 50.0 Å². The minimum atomic E-state index is -3.13. The summed E-state index contributed by atoms with van der Waals surface area (Å²) in [5, 5.41) is 0.787. The maximum Gasteiger partial charge on any atom is 0.248 e. The molecule has 9 heteroatoms. The number of carbonyl (C=O) groups is 1. The van der Waals surface area contributed by atoms with Crippen LogP contribution in [0.2, 0.25) is 5.02 Å². The summed E-state index contributed by atoms with van der Waals surface area (Å²) in [6, 6.07) is 14.8. The van der Waals surface area contributed by atoms with Crippen LogP contribution in [0.4, 0.5) is 5.69 Å². The van der Waals surface area contributed by atoms with E-state index in [0.717, 1.165) is 5.56 Å². The van der Waals surface area contributed by atoms with Crippen LogP contribution in [-0.2, 0) is 21.1 Å². The minimum Gasteiger partial charge on any atom is -0.495 e. The summed E-state index contributed by atoms with van der Waals surface area (Å²) in [7, 11) is -1.60. The molecule has 2 aliphatic rings. The molecule has 1 amide bonds. The first kappa shape index (κ1) is 21.2. The van der Waals surface area contributed by atoms with Gasteiger partial charge in [0.15, 0.2) is 15.0 Å². The molecular weight excluding hydrogens is 444 g/mol. The van der Waals surface area contributed by atoms with Crippen LogP contribution in [0.25, 0.3) is 0 Å². The first-order chi connectivity index (χ1) is 14.4. The normalized spacial score (nSPS) is 23.5. The van der Waals surface area contributed by atoms with E-state index in [2.05, 4.69) is 4.99 Å². The second-order valence-corrected chi connectivity index (χ2v) is 11.0. The van der Waals surface area contributed by atoms with Gasteiger partial charge in [-0.3, -0.25) is 4.79 Å². The van der Waals surface area contributed by atoms with E-state index in [-0.39, 0.29) is 28.7 Å². The monoisotopic (exact) mass is 464 g/mol. The molecule has 2 heterocycles. The molecular formula is C21H21ClN2O4S2. The maximum absolute atomic E-state index is 12.6. The Morgan fingerprint density at radius 2 is 2.00 bits per heavy atom. The van der Waals surface area contributed by atoms with Gasteiger partial charge >= 0.3 is 0 Å². The number of methoxy groups -OCH3 is 1. The lowest BCUT2D eigenvalue weighted by Crippen LogP contribution is -2.37.